The molecule has 2 heterocycles. The van der Waals surface area contributed by atoms with E-state index in [2.05, 4.69) is 28.9 Å². The van der Waals surface area contributed by atoms with Gasteiger partial charge in [-0.2, -0.15) is 0 Å². The van der Waals surface area contributed by atoms with E-state index >= 15 is 0 Å². The van der Waals surface area contributed by atoms with E-state index in [4.69, 9.17) is 10.5 Å². The first-order chi connectivity index (χ1) is 12.0. The van der Waals surface area contributed by atoms with Gasteiger partial charge in [0.25, 0.3) is 0 Å². The second kappa shape index (κ2) is 9.07. The number of nitrogens with zero attached hydrogens (tertiary/aromatic N) is 2. The van der Waals surface area contributed by atoms with Gasteiger partial charge >= 0.3 is 0 Å². The molecular weight excluding hydrogens is 350 g/mol. The molecule has 1 aromatic carbocycles. The predicted octanol–water partition coefficient (Wildman–Crippen LogP) is 2.84. The van der Waals surface area contributed by atoms with Gasteiger partial charge in [0.15, 0.2) is 0 Å². The van der Waals surface area contributed by atoms with E-state index in [0.29, 0.717) is 19.7 Å². The minimum Gasteiger partial charge on any atom is -0.494 e. The summed E-state index contributed by atoms with van der Waals surface area (Å²) in [5.41, 5.74) is 7.26. The van der Waals surface area contributed by atoms with Crippen LogP contribution in [0, 0.1) is 5.41 Å². The molecule has 146 valence electrons. The van der Waals surface area contributed by atoms with Crippen molar-refractivity contribution in [2.24, 2.45) is 11.1 Å². The number of ether oxygens (including phenoxy) is 1. The van der Waals surface area contributed by atoms with E-state index < -0.39 is 0 Å². The van der Waals surface area contributed by atoms with Crippen LogP contribution in [0.5, 0.6) is 5.75 Å². The maximum absolute atomic E-state index is 12.9. The number of halogens is 1. The smallest absolute Gasteiger partial charge is 0.237 e. The Morgan fingerprint density at radius 2 is 2.04 bits per heavy atom. The van der Waals surface area contributed by atoms with Crippen LogP contribution in [0.15, 0.2) is 24.3 Å². The molecule has 2 aliphatic rings. The van der Waals surface area contributed by atoms with Crippen LogP contribution in [0.3, 0.4) is 0 Å². The number of benzene rings is 1. The zero-order valence-corrected chi connectivity index (χ0v) is 16.8. The molecular formula is C20H32ClN3O2. The van der Waals surface area contributed by atoms with Gasteiger partial charge in [0, 0.05) is 13.1 Å². The molecule has 26 heavy (non-hydrogen) atoms. The van der Waals surface area contributed by atoms with Crippen LogP contribution in [0.2, 0.25) is 0 Å². The Labute approximate surface area is 163 Å². The third-order valence-corrected chi connectivity index (χ3v) is 5.64. The lowest BCUT2D eigenvalue weighted by Crippen LogP contribution is -2.40. The van der Waals surface area contributed by atoms with Crippen LogP contribution in [-0.4, -0.2) is 55.0 Å². The molecule has 0 saturated carbocycles. The highest BCUT2D eigenvalue weighted by atomic mass is 35.5. The molecule has 5 nitrogen and oxygen atoms in total. The van der Waals surface area contributed by atoms with Crippen LogP contribution >= 0.6 is 12.4 Å². The molecule has 2 unspecified atom stereocenters. The first-order valence-electron chi connectivity index (χ1n) is 9.49. The quantitative estimate of drug-likeness (QED) is 0.823. The Morgan fingerprint density at radius 3 is 2.65 bits per heavy atom. The van der Waals surface area contributed by atoms with Gasteiger partial charge in [-0.05, 0) is 62.4 Å². The van der Waals surface area contributed by atoms with Gasteiger partial charge in [-0.15, -0.1) is 12.4 Å². The normalized spacial score (nSPS) is 26.0. The summed E-state index contributed by atoms with van der Waals surface area (Å²) in [4.78, 5) is 17.2. The second-order valence-corrected chi connectivity index (χ2v) is 7.72. The molecule has 6 heteroatoms. The van der Waals surface area contributed by atoms with Gasteiger partial charge in [-0.25, -0.2) is 0 Å². The number of rotatable bonds is 6. The third-order valence-electron chi connectivity index (χ3n) is 5.64. The summed E-state index contributed by atoms with van der Waals surface area (Å²) >= 11 is 0. The fourth-order valence-corrected chi connectivity index (χ4v) is 4.07. The van der Waals surface area contributed by atoms with Crippen molar-refractivity contribution in [3.8, 4) is 5.75 Å². The average molecular weight is 382 g/mol. The number of carbonyl (C=O) groups excluding carboxylic acids is 1. The van der Waals surface area contributed by atoms with E-state index in [9.17, 15) is 4.79 Å². The van der Waals surface area contributed by atoms with Crippen molar-refractivity contribution < 1.29 is 9.53 Å². The van der Waals surface area contributed by atoms with Crippen LogP contribution in [0.1, 0.15) is 44.7 Å². The highest BCUT2D eigenvalue weighted by Crippen LogP contribution is 2.34. The maximum Gasteiger partial charge on any atom is 0.237 e. The van der Waals surface area contributed by atoms with E-state index in [0.717, 1.165) is 44.6 Å². The van der Waals surface area contributed by atoms with Crippen molar-refractivity contribution in [1.82, 2.24) is 9.80 Å². The fraction of sp³-hybridized carbons (Fsp3) is 0.650. The molecule has 0 aromatic heterocycles. The molecule has 2 N–H and O–H groups in total. The molecule has 0 aliphatic carbocycles. The summed E-state index contributed by atoms with van der Waals surface area (Å²) in [7, 11) is 0. The van der Waals surface area contributed by atoms with Crippen LogP contribution < -0.4 is 10.5 Å². The van der Waals surface area contributed by atoms with Crippen molar-refractivity contribution >= 4 is 18.3 Å². The minimum atomic E-state index is 0. The summed E-state index contributed by atoms with van der Waals surface area (Å²) in [6, 6.07) is 8.41. The van der Waals surface area contributed by atoms with Crippen molar-refractivity contribution in [2.75, 3.05) is 39.3 Å². The molecule has 0 spiro atoms. The van der Waals surface area contributed by atoms with Gasteiger partial charge in [-0.1, -0.05) is 19.1 Å². The van der Waals surface area contributed by atoms with Crippen molar-refractivity contribution in [3.05, 3.63) is 29.8 Å². The first-order valence-corrected chi connectivity index (χ1v) is 9.49. The standard InChI is InChI=1S/C20H31N3O2.ClH/c1-3-25-17-8-6-16(7-9-17)18-5-4-11-23(18)19(24)13-22-12-10-20(2,14-21)15-22;/h6-9,18H,3-5,10-15,21H2,1-2H3;1H. The molecule has 2 fully saturated rings. The number of hydrogen-bond acceptors (Lipinski definition) is 4. The van der Waals surface area contributed by atoms with Gasteiger partial charge in [0.05, 0.1) is 19.2 Å². The Hall–Kier alpha value is -1.30. The molecule has 1 amide bonds. The SMILES string of the molecule is CCOc1ccc(C2CCCN2C(=O)CN2CCC(C)(CN)C2)cc1.Cl. The summed E-state index contributed by atoms with van der Waals surface area (Å²) in [6.45, 7) is 8.84. The summed E-state index contributed by atoms with van der Waals surface area (Å²) in [5, 5.41) is 0. The van der Waals surface area contributed by atoms with Crippen molar-refractivity contribution in [3.63, 3.8) is 0 Å². The summed E-state index contributed by atoms with van der Waals surface area (Å²) in [6.07, 6.45) is 3.20. The zero-order chi connectivity index (χ0) is 17.9. The van der Waals surface area contributed by atoms with Gasteiger partial charge in [-0.3, -0.25) is 9.69 Å². The summed E-state index contributed by atoms with van der Waals surface area (Å²) in [5.74, 6) is 1.14. The van der Waals surface area contributed by atoms with Crippen molar-refractivity contribution in [1.29, 1.82) is 0 Å². The third kappa shape index (κ3) is 4.70. The van der Waals surface area contributed by atoms with E-state index in [1.165, 1.54) is 5.56 Å². The molecule has 1 aromatic rings. The monoisotopic (exact) mass is 381 g/mol. The van der Waals surface area contributed by atoms with E-state index in [-0.39, 0.29) is 29.8 Å². The summed E-state index contributed by atoms with van der Waals surface area (Å²) < 4.78 is 5.52. The van der Waals surface area contributed by atoms with Crippen LogP contribution in [-0.2, 0) is 4.79 Å². The Kier molecular flexibility index (Phi) is 7.33. The zero-order valence-electron chi connectivity index (χ0n) is 15.9. The van der Waals surface area contributed by atoms with Gasteiger partial charge in [0.2, 0.25) is 5.91 Å². The number of amides is 1. The lowest BCUT2D eigenvalue weighted by Gasteiger charge is -2.28. The number of carbonyl (C=O) groups is 1. The van der Waals surface area contributed by atoms with Gasteiger partial charge < -0.3 is 15.4 Å². The first kappa shape index (κ1) is 21.0. The highest BCUT2D eigenvalue weighted by molar-refractivity contribution is 5.85. The minimum absolute atomic E-state index is 0. The number of likely N-dealkylation sites (tertiary alicyclic amines) is 2. The fourth-order valence-electron chi connectivity index (χ4n) is 4.07. The Morgan fingerprint density at radius 1 is 1.31 bits per heavy atom. The van der Waals surface area contributed by atoms with Gasteiger partial charge in [0.1, 0.15) is 5.75 Å². The average Bonchev–Trinajstić information content (AvgIpc) is 3.24. The highest BCUT2D eigenvalue weighted by Gasteiger charge is 2.36. The number of hydrogen-bond donors (Lipinski definition) is 1. The van der Waals surface area contributed by atoms with Crippen LogP contribution in [0.25, 0.3) is 0 Å². The second-order valence-electron chi connectivity index (χ2n) is 7.72. The Bertz CT molecular complexity index is 595. The Balaban J connectivity index is 0.00000243. The molecule has 0 radical (unpaired) electrons. The van der Waals surface area contributed by atoms with E-state index in [1.54, 1.807) is 0 Å². The van der Waals surface area contributed by atoms with Crippen LogP contribution in [0.4, 0.5) is 0 Å². The number of nitrogens with two attached hydrogens (primary N) is 1. The molecule has 2 aliphatic heterocycles. The lowest BCUT2D eigenvalue weighted by molar-refractivity contribution is -0.133. The molecule has 0 bridgehead atoms. The van der Waals surface area contributed by atoms with E-state index in [1.807, 2.05) is 19.1 Å². The predicted molar refractivity (Wildman–Crippen MR) is 107 cm³/mol. The lowest BCUT2D eigenvalue weighted by atomic mass is 9.90. The molecule has 2 atom stereocenters. The largest absolute Gasteiger partial charge is 0.494 e. The van der Waals surface area contributed by atoms with Crippen molar-refractivity contribution in [2.45, 2.75) is 39.2 Å². The topological polar surface area (TPSA) is 58.8 Å². The molecule has 3 rings (SSSR count). The molecule has 2 saturated heterocycles. The maximum atomic E-state index is 12.9.